The lowest BCUT2D eigenvalue weighted by atomic mass is 9.94. The van der Waals surface area contributed by atoms with Crippen LogP contribution in [0.4, 0.5) is 4.79 Å². The Morgan fingerprint density at radius 2 is 1.68 bits per heavy atom. The van der Waals surface area contributed by atoms with Crippen molar-refractivity contribution in [2.24, 2.45) is 17.6 Å². The molecule has 3 atom stereocenters. The number of benzene rings is 1. The zero-order valence-electron chi connectivity index (χ0n) is 16.0. The van der Waals surface area contributed by atoms with Gasteiger partial charge >= 0.3 is 12.0 Å². The summed E-state index contributed by atoms with van der Waals surface area (Å²) in [6.45, 7) is 6.25. The van der Waals surface area contributed by atoms with Crippen molar-refractivity contribution in [2.45, 2.75) is 38.2 Å². The van der Waals surface area contributed by atoms with Gasteiger partial charge in [-0.3, -0.25) is 10.1 Å². The van der Waals surface area contributed by atoms with Gasteiger partial charge in [-0.1, -0.05) is 13.8 Å². The molecule has 1 aliphatic rings. The van der Waals surface area contributed by atoms with Crippen LogP contribution in [0.15, 0.2) is 29.2 Å². The molecule has 1 saturated heterocycles. The van der Waals surface area contributed by atoms with Gasteiger partial charge in [0.1, 0.15) is 0 Å². The second-order valence-corrected chi connectivity index (χ2v) is 9.13. The van der Waals surface area contributed by atoms with Crippen LogP contribution < -0.4 is 11.1 Å². The smallest absolute Gasteiger partial charge is 0.338 e. The summed E-state index contributed by atoms with van der Waals surface area (Å²) in [7, 11) is -3.65. The fourth-order valence-electron chi connectivity index (χ4n) is 3.22. The molecule has 0 spiro atoms. The maximum atomic E-state index is 12.8. The Hall–Kier alpha value is -2.46. The van der Waals surface area contributed by atoms with E-state index < -0.39 is 34.0 Å². The normalized spacial score (nSPS) is 21.5. The fraction of sp³-hybridized carbons (Fsp3) is 0.500. The molecule has 0 radical (unpaired) electrons. The van der Waals surface area contributed by atoms with E-state index in [1.165, 1.54) is 35.5 Å². The Balaban J connectivity index is 2.09. The van der Waals surface area contributed by atoms with Crippen molar-refractivity contribution in [1.29, 1.82) is 0 Å². The summed E-state index contributed by atoms with van der Waals surface area (Å²) >= 11 is 0. The predicted molar refractivity (Wildman–Crippen MR) is 101 cm³/mol. The van der Waals surface area contributed by atoms with Crippen molar-refractivity contribution in [1.82, 2.24) is 9.62 Å². The molecule has 1 heterocycles. The SMILES string of the molecule is C[C@H]1C[C@H](C)CN(S(=O)(=O)c2ccc(C(=O)O[C@@H](C)C(=O)NC(N)=O)cc2)C1. The third-order valence-corrected chi connectivity index (χ3v) is 6.31. The number of hydrogen-bond acceptors (Lipinski definition) is 6. The summed E-state index contributed by atoms with van der Waals surface area (Å²) in [5, 5.41) is 1.81. The zero-order valence-corrected chi connectivity index (χ0v) is 16.9. The number of nitrogens with two attached hydrogens (primary N) is 1. The first-order chi connectivity index (χ1) is 13.0. The molecule has 154 valence electrons. The number of nitrogens with one attached hydrogen (secondary N) is 1. The number of primary amides is 1. The van der Waals surface area contributed by atoms with Crippen molar-refractivity contribution < 1.29 is 27.5 Å². The van der Waals surface area contributed by atoms with E-state index in [-0.39, 0.29) is 22.3 Å². The van der Waals surface area contributed by atoms with E-state index in [1.807, 2.05) is 19.2 Å². The summed E-state index contributed by atoms with van der Waals surface area (Å²) in [4.78, 5) is 34.4. The van der Waals surface area contributed by atoms with Crippen LogP contribution in [-0.2, 0) is 19.6 Å². The van der Waals surface area contributed by atoms with E-state index in [0.29, 0.717) is 13.1 Å². The zero-order chi connectivity index (χ0) is 21.1. The van der Waals surface area contributed by atoms with Gasteiger partial charge in [-0.25, -0.2) is 18.0 Å². The van der Waals surface area contributed by atoms with Crippen LogP contribution >= 0.6 is 0 Å². The molecule has 0 aromatic heterocycles. The van der Waals surface area contributed by atoms with Gasteiger partial charge in [0.25, 0.3) is 5.91 Å². The van der Waals surface area contributed by atoms with Gasteiger partial charge in [-0.2, -0.15) is 4.31 Å². The molecule has 1 aromatic carbocycles. The first-order valence-corrected chi connectivity index (χ1v) is 10.4. The summed E-state index contributed by atoms with van der Waals surface area (Å²) in [6.07, 6.45) is -0.252. The molecule has 0 saturated carbocycles. The minimum atomic E-state index is -3.65. The number of carbonyl (C=O) groups excluding carboxylic acids is 3. The Kier molecular flexibility index (Phi) is 6.78. The van der Waals surface area contributed by atoms with Gasteiger partial charge in [0.15, 0.2) is 6.10 Å². The third kappa shape index (κ3) is 5.29. The highest BCUT2D eigenvalue weighted by Crippen LogP contribution is 2.26. The number of urea groups is 1. The van der Waals surface area contributed by atoms with Crippen LogP contribution in [0.3, 0.4) is 0 Å². The minimum absolute atomic E-state index is 0.0815. The number of piperidine rings is 1. The molecule has 2 rings (SSSR count). The molecule has 10 heteroatoms. The van der Waals surface area contributed by atoms with E-state index >= 15 is 0 Å². The molecule has 3 amide bonds. The van der Waals surface area contributed by atoms with E-state index in [0.717, 1.165) is 6.42 Å². The second-order valence-electron chi connectivity index (χ2n) is 7.19. The van der Waals surface area contributed by atoms with E-state index in [4.69, 9.17) is 10.5 Å². The first kappa shape index (κ1) is 21.8. The van der Waals surface area contributed by atoms with Crippen LogP contribution in [0.5, 0.6) is 0 Å². The van der Waals surface area contributed by atoms with Gasteiger partial charge < -0.3 is 10.5 Å². The molecule has 1 fully saturated rings. The van der Waals surface area contributed by atoms with Gasteiger partial charge in [-0.05, 0) is 49.4 Å². The number of rotatable bonds is 5. The van der Waals surface area contributed by atoms with E-state index in [2.05, 4.69) is 0 Å². The molecule has 3 N–H and O–H groups in total. The maximum absolute atomic E-state index is 12.8. The standard InChI is InChI=1S/C18H25N3O6S/c1-11-8-12(2)10-21(9-11)28(25,26)15-6-4-14(5-7-15)17(23)27-13(3)16(22)20-18(19)24/h4-7,11-13H,8-10H2,1-3H3,(H3,19,20,22,24)/t11-,12-,13-/m0/s1. The largest absolute Gasteiger partial charge is 0.449 e. The van der Waals surface area contributed by atoms with Crippen LogP contribution in [-0.4, -0.2) is 49.8 Å². The summed E-state index contributed by atoms with van der Waals surface area (Å²) < 4.78 is 32.1. The van der Waals surface area contributed by atoms with Crippen LogP contribution in [0.2, 0.25) is 0 Å². The maximum Gasteiger partial charge on any atom is 0.338 e. The van der Waals surface area contributed by atoms with Crippen molar-refractivity contribution in [3.63, 3.8) is 0 Å². The number of amides is 3. The molecule has 1 aliphatic heterocycles. The number of sulfonamides is 1. The highest BCUT2D eigenvalue weighted by atomic mass is 32.2. The molecule has 28 heavy (non-hydrogen) atoms. The van der Waals surface area contributed by atoms with Gasteiger partial charge in [0.2, 0.25) is 10.0 Å². The van der Waals surface area contributed by atoms with Crippen LogP contribution in [0.25, 0.3) is 0 Å². The van der Waals surface area contributed by atoms with Crippen LogP contribution in [0, 0.1) is 11.8 Å². The number of esters is 1. The lowest BCUT2D eigenvalue weighted by Crippen LogP contribution is -2.42. The Morgan fingerprint density at radius 1 is 1.14 bits per heavy atom. The predicted octanol–water partition coefficient (Wildman–Crippen LogP) is 1.09. The Bertz CT molecular complexity index is 843. The highest BCUT2D eigenvalue weighted by Gasteiger charge is 2.31. The highest BCUT2D eigenvalue weighted by molar-refractivity contribution is 7.89. The number of carbonyl (C=O) groups is 3. The van der Waals surface area contributed by atoms with E-state index in [1.54, 1.807) is 0 Å². The summed E-state index contributed by atoms with van der Waals surface area (Å²) in [5.41, 5.74) is 4.92. The quantitative estimate of drug-likeness (QED) is 0.696. The topological polar surface area (TPSA) is 136 Å². The van der Waals surface area contributed by atoms with Crippen molar-refractivity contribution >= 4 is 27.9 Å². The van der Waals surface area contributed by atoms with Crippen molar-refractivity contribution in [2.75, 3.05) is 13.1 Å². The Labute approximate surface area is 164 Å². The molecular weight excluding hydrogens is 386 g/mol. The number of imide groups is 1. The number of nitrogens with zero attached hydrogens (tertiary/aromatic N) is 1. The lowest BCUT2D eigenvalue weighted by molar-refractivity contribution is -0.127. The lowest BCUT2D eigenvalue weighted by Gasteiger charge is -2.34. The molecule has 0 unspecified atom stereocenters. The third-order valence-electron chi connectivity index (χ3n) is 4.46. The average molecular weight is 411 g/mol. The molecular formula is C18H25N3O6S. The summed E-state index contributed by atoms with van der Waals surface area (Å²) in [5.74, 6) is -1.12. The monoisotopic (exact) mass is 411 g/mol. The first-order valence-electron chi connectivity index (χ1n) is 8.92. The molecule has 1 aromatic rings. The molecule has 0 bridgehead atoms. The average Bonchev–Trinajstić information content (AvgIpc) is 2.60. The van der Waals surface area contributed by atoms with Gasteiger partial charge in [0.05, 0.1) is 10.5 Å². The van der Waals surface area contributed by atoms with Crippen LogP contribution in [0.1, 0.15) is 37.6 Å². The van der Waals surface area contributed by atoms with E-state index in [9.17, 15) is 22.8 Å². The van der Waals surface area contributed by atoms with Gasteiger partial charge in [0, 0.05) is 13.1 Å². The van der Waals surface area contributed by atoms with Crippen molar-refractivity contribution in [3.05, 3.63) is 29.8 Å². The second kappa shape index (κ2) is 8.70. The Morgan fingerprint density at radius 3 is 2.18 bits per heavy atom. The number of ether oxygens (including phenoxy) is 1. The molecule has 0 aliphatic carbocycles. The minimum Gasteiger partial charge on any atom is -0.449 e. The van der Waals surface area contributed by atoms with Crippen molar-refractivity contribution in [3.8, 4) is 0 Å². The number of hydrogen-bond donors (Lipinski definition) is 2. The fourth-order valence-corrected chi connectivity index (χ4v) is 4.90. The summed E-state index contributed by atoms with van der Waals surface area (Å²) in [6, 6.07) is 4.27. The van der Waals surface area contributed by atoms with Gasteiger partial charge in [-0.15, -0.1) is 0 Å². The molecule has 9 nitrogen and oxygen atoms in total.